The summed E-state index contributed by atoms with van der Waals surface area (Å²) in [6, 6.07) is 4.04. The van der Waals surface area contributed by atoms with Gasteiger partial charge in [0.25, 0.3) is 0 Å². The van der Waals surface area contributed by atoms with E-state index in [-0.39, 0.29) is 12.4 Å². The summed E-state index contributed by atoms with van der Waals surface area (Å²) in [5, 5.41) is 9.26. The van der Waals surface area contributed by atoms with Crippen molar-refractivity contribution in [3.8, 4) is 11.4 Å². The lowest BCUT2D eigenvalue weighted by Crippen LogP contribution is -1.86. The minimum Gasteiger partial charge on any atom is -0.390 e. The van der Waals surface area contributed by atoms with Gasteiger partial charge in [-0.15, -0.1) is 0 Å². The highest BCUT2D eigenvalue weighted by Gasteiger charge is 2.08. The van der Waals surface area contributed by atoms with Crippen molar-refractivity contribution in [2.75, 3.05) is 0 Å². The molecule has 5 heteroatoms. The van der Waals surface area contributed by atoms with Crippen molar-refractivity contribution in [2.45, 2.75) is 6.61 Å². The number of halogens is 2. The SMILES string of the molecule is OCc1cnc(-c2cc(F)ccc2Cl)[nH]1. The maximum absolute atomic E-state index is 13.0. The molecular weight excluding hydrogens is 219 g/mol. The van der Waals surface area contributed by atoms with Crippen molar-refractivity contribution in [1.29, 1.82) is 0 Å². The van der Waals surface area contributed by atoms with Crippen molar-refractivity contribution in [2.24, 2.45) is 0 Å². The molecule has 0 bridgehead atoms. The summed E-state index contributed by atoms with van der Waals surface area (Å²) in [7, 11) is 0. The molecule has 1 heterocycles. The topological polar surface area (TPSA) is 48.9 Å². The second kappa shape index (κ2) is 4.00. The highest BCUT2D eigenvalue weighted by atomic mass is 35.5. The summed E-state index contributed by atoms with van der Waals surface area (Å²) in [5.41, 5.74) is 1.04. The van der Waals surface area contributed by atoms with E-state index in [1.807, 2.05) is 0 Å². The smallest absolute Gasteiger partial charge is 0.139 e. The molecule has 0 amide bonds. The number of rotatable bonds is 2. The van der Waals surface area contributed by atoms with E-state index >= 15 is 0 Å². The Kier molecular flexibility index (Phi) is 2.70. The molecular formula is C10H8ClFN2O. The summed E-state index contributed by atoms with van der Waals surface area (Å²) >= 11 is 5.89. The number of hydrogen-bond acceptors (Lipinski definition) is 2. The minimum atomic E-state index is -0.378. The van der Waals surface area contributed by atoms with Crippen molar-refractivity contribution in [3.63, 3.8) is 0 Å². The van der Waals surface area contributed by atoms with Crippen LogP contribution in [0.5, 0.6) is 0 Å². The second-order valence-electron chi connectivity index (χ2n) is 3.04. The molecule has 0 spiro atoms. The molecule has 2 N–H and O–H groups in total. The highest BCUT2D eigenvalue weighted by Crippen LogP contribution is 2.26. The van der Waals surface area contributed by atoms with E-state index in [9.17, 15) is 4.39 Å². The van der Waals surface area contributed by atoms with E-state index < -0.39 is 0 Å². The Morgan fingerprint density at radius 2 is 2.27 bits per heavy atom. The van der Waals surface area contributed by atoms with Crippen LogP contribution in [-0.2, 0) is 6.61 Å². The van der Waals surface area contributed by atoms with E-state index in [2.05, 4.69) is 9.97 Å². The van der Waals surface area contributed by atoms with Crippen LogP contribution < -0.4 is 0 Å². The number of H-pyrrole nitrogens is 1. The highest BCUT2D eigenvalue weighted by molar-refractivity contribution is 6.33. The molecule has 0 radical (unpaired) electrons. The molecule has 2 rings (SSSR count). The molecule has 0 saturated heterocycles. The Morgan fingerprint density at radius 3 is 2.93 bits per heavy atom. The van der Waals surface area contributed by atoms with Gasteiger partial charge in [-0.05, 0) is 18.2 Å². The molecule has 0 atom stereocenters. The maximum atomic E-state index is 13.0. The van der Waals surface area contributed by atoms with Crippen LogP contribution in [0.1, 0.15) is 5.69 Å². The molecule has 3 nitrogen and oxygen atoms in total. The number of aliphatic hydroxyl groups excluding tert-OH is 1. The van der Waals surface area contributed by atoms with Crippen molar-refractivity contribution in [3.05, 3.63) is 40.9 Å². The van der Waals surface area contributed by atoms with Crippen LogP contribution >= 0.6 is 11.6 Å². The molecule has 1 aromatic heterocycles. The van der Waals surface area contributed by atoms with Crippen LogP contribution in [0.4, 0.5) is 4.39 Å². The first-order valence-corrected chi connectivity index (χ1v) is 4.68. The number of nitrogens with one attached hydrogen (secondary N) is 1. The van der Waals surface area contributed by atoms with Gasteiger partial charge in [0.1, 0.15) is 11.6 Å². The lowest BCUT2D eigenvalue weighted by Gasteiger charge is -2.00. The Morgan fingerprint density at radius 1 is 1.47 bits per heavy atom. The fourth-order valence-corrected chi connectivity index (χ4v) is 1.46. The Labute approximate surface area is 90.5 Å². The third kappa shape index (κ3) is 2.00. The van der Waals surface area contributed by atoms with Crippen LogP contribution in [0, 0.1) is 5.82 Å². The average Bonchev–Trinajstić information content (AvgIpc) is 2.70. The second-order valence-corrected chi connectivity index (χ2v) is 3.45. The number of benzene rings is 1. The number of aromatic amines is 1. The minimum absolute atomic E-state index is 0.139. The van der Waals surface area contributed by atoms with Gasteiger partial charge in [0.2, 0.25) is 0 Å². The summed E-state index contributed by atoms with van der Waals surface area (Å²) < 4.78 is 13.0. The molecule has 0 saturated carbocycles. The lowest BCUT2D eigenvalue weighted by molar-refractivity contribution is 0.277. The van der Waals surface area contributed by atoms with Crippen LogP contribution in [0.25, 0.3) is 11.4 Å². The molecule has 0 aliphatic carbocycles. The summed E-state index contributed by atoms with van der Waals surface area (Å²) in [5.74, 6) is 0.0694. The molecule has 0 fully saturated rings. The van der Waals surface area contributed by atoms with Crippen LogP contribution in [0.3, 0.4) is 0 Å². The van der Waals surface area contributed by atoms with Gasteiger partial charge in [0.15, 0.2) is 0 Å². The zero-order valence-corrected chi connectivity index (χ0v) is 8.42. The average molecular weight is 227 g/mol. The molecule has 1 aromatic carbocycles. The number of aromatic nitrogens is 2. The van der Waals surface area contributed by atoms with Gasteiger partial charge < -0.3 is 10.1 Å². The lowest BCUT2D eigenvalue weighted by atomic mass is 10.2. The quantitative estimate of drug-likeness (QED) is 0.826. The monoisotopic (exact) mass is 226 g/mol. The standard InChI is InChI=1S/C10H8ClFN2O/c11-9-2-1-6(12)3-8(9)10-13-4-7(5-15)14-10/h1-4,15H,5H2,(H,13,14). The van der Waals surface area contributed by atoms with Crippen LogP contribution in [0.15, 0.2) is 24.4 Å². The summed E-state index contributed by atoms with van der Waals surface area (Å²) in [4.78, 5) is 6.83. The van der Waals surface area contributed by atoms with Gasteiger partial charge in [0.05, 0.1) is 23.5 Å². The van der Waals surface area contributed by atoms with E-state index in [4.69, 9.17) is 16.7 Å². The summed E-state index contributed by atoms with van der Waals surface area (Å²) in [6.45, 7) is -0.139. The van der Waals surface area contributed by atoms with E-state index in [0.29, 0.717) is 22.1 Å². The molecule has 0 aliphatic heterocycles. The first-order valence-electron chi connectivity index (χ1n) is 4.31. The first-order chi connectivity index (χ1) is 7.20. The van der Waals surface area contributed by atoms with Gasteiger partial charge in [-0.3, -0.25) is 0 Å². The molecule has 0 aliphatic rings. The van der Waals surface area contributed by atoms with E-state index in [1.54, 1.807) is 0 Å². The van der Waals surface area contributed by atoms with Crippen molar-refractivity contribution >= 4 is 11.6 Å². The van der Waals surface area contributed by atoms with Gasteiger partial charge >= 0.3 is 0 Å². The number of nitrogens with zero attached hydrogens (tertiary/aromatic N) is 1. The van der Waals surface area contributed by atoms with E-state index in [0.717, 1.165) is 0 Å². The number of imidazole rings is 1. The molecule has 15 heavy (non-hydrogen) atoms. The van der Waals surface area contributed by atoms with Gasteiger partial charge in [-0.2, -0.15) is 0 Å². The Hall–Kier alpha value is -1.39. The normalized spacial score (nSPS) is 10.6. The van der Waals surface area contributed by atoms with Gasteiger partial charge in [0, 0.05) is 5.56 Å². The predicted octanol–water partition coefficient (Wildman–Crippen LogP) is 2.36. The van der Waals surface area contributed by atoms with Crippen LogP contribution in [-0.4, -0.2) is 15.1 Å². The number of hydrogen-bond donors (Lipinski definition) is 2. The summed E-state index contributed by atoms with van der Waals surface area (Å²) in [6.07, 6.45) is 1.48. The van der Waals surface area contributed by atoms with Crippen molar-refractivity contribution < 1.29 is 9.50 Å². The largest absolute Gasteiger partial charge is 0.390 e. The third-order valence-corrected chi connectivity index (χ3v) is 2.31. The fraction of sp³-hybridized carbons (Fsp3) is 0.100. The molecule has 2 aromatic rings. The predicted molar refractivity (Wildman–Crippen MR) is 54.9 cm³/mol. The fourth-order valence-electron chi connectivity index (χ4n) is 1.26. The zero-order valence-electron chi connectivity index (χ0n) is 7.67. The Balaban J connectivity index is 2.48. The van der Waals surface area contributed by atoms with Crippen LogP contribution in [0.2, 0.25) is 5.02 Å². The van der Waals surface area contributed by atoms with Gasteiger partial charge in [-0.1, -0.05) is 11.6 Å². The first kappa shape index (κ1) is 10.1. The van der Waals surface area contributed by atoms with Gasteiger partial charge in [-0.25, -0.2) is 9.37 Å². The Bertz CT molecular complexity index is 484. The number of aliphatic hydroxyl groups is 1. The maximum Gasteiger partial charge on any atom is 0.139 e. The molecule has 0 unspecified atom stereocenters. The zero-order chi connectivity index (χ0) is 10.8. The van der Waals surface area contributed by atoms with E-state index in [1.165, 1.54) is 24.4 Å². The third-order valence-electron chi connectivity index (χ3n) is 1.98. The van der Waals surface area contributed by atoms with Crippen molar-refractivity contribution in [1.82, 2.24) is 9.97 Å². The molecule has 78 valence electrons.